The minimum Gasteiger partial charge on any atom is -0.497 e. The molecule has 0 saturated carbocycles. The summed E-state index contributed by atoms with van der Waals surface area (Å²) in [6, 6.07) is 9.24. The molecule has 7 heteroatoms. The van der Waals surface area contributed by atoms with E-state index >= 15 is 0 Å². The second kappa shape index (κ2) is 7.65. The van der Waals surface area contributed by atoms with Crippen LogP contribution in [0.5, 0.6) is 5.75 Å². The molecule has 0 amide bonds. The zero-order valence-corrected chi connectivity index (χ0v) is 16.8. The Kier molecular flexibility index (Phi) is 4.97. The van der Waals surface area contributed by atoms with Crippen LogP contribution in [-0.4, -0.2) is 42.2 Å². The average Bonchev–Trinajstić information content (AvgIpc) is 3.12. The van der Waals surface area contributed by atoms with Gasteiger partial charge in [-0.3, -0.25) is 4.90 Å². The number of fused-ring (bicyclic) bond motifs is 3. The minimum atomic E-state index is -0.630. The summed E-state index contributed by atoms with van der Waals surface area (Å²) in [7, 11) is 1.67. The smallest absolute Gasteiger partial charge is 0.129 e. The number of methoxy groups -OCH3 is 1. The number of nitrogens with two attached hydrogens (primary N) is 1. The molecular formula is C23H25F2N3O2. The molecule has 0 aliphatic carbocycles. The van der Waals surface area contributed by atoms with E-state index in [1.54, 1.807) is 7.11 Å². The van der Waals surface area contributed by atoms with Crippen LogP contribution >= 0.6 is 0 Å². The molecule has 1 fully saturated rings. The zero-order valence-electron chi connectivity index (χ0n) is 16.8. The lowest BCUT2D eigenvalue weighted by molar-refractivity contribution is -0.0547. The molecule has 30 heavy (non-hydrogen) atoms. The number of H-pyrrole nitrogens is 1. The van der Waals surface area contributed by atoms with Gasteiger partial charge in [0.25, 0.3) is 0 Å². The first-order valence-corrected chi connectivity index (χ1v) is 10.3. The summed E-state index contributed by atoms with van der Waals surface area (Å²) in [6.45, 7) is 2.13. The topological polar surface area (TPSA) is 63.5 Å². The number of aromatic amines is 1. The van der Waals surface area contributed by atoms with Crippen molar-refractivity contribution in [2.75, 3.05) is 20.3 Å². The first kappa shape index (κ1) is 19.5. The number of hydrogen-bond acceptors (Lipinski definition) is 4. The second-order valence-corrected chi connectivity index (χ2v) is 8.19. The molecule has 158 valence electrons. The Morgan fingerprint density at radius 2 is 2.07 bits per heavy atom. The molecule has 1 aromatic heterocycles. The van der Waals surface area contributed by atoms with E-state index in [9.17, 15) is 8.78 Å². The maximum Gasteiger partial charge on any atom is 0.129 e. The number of benzene rings is 2. The maximum absolute atomic E-state index is 14.2. The van der Waals surface area contributed by atoms with E-state index in [0.717, 1.165) is 42.9 Å². The van der Waals surface area contributed by atoms with Crippen LogP contribution in [0.25, 0.3) is 10.9 Å². The van der Waals surface area contributed by atoms with Crippen molar-refractivity contribution in [1.82, 2.24) is 9.88 Å². The Morgan fingerprint density at radius 3 is 2.87 bits per heavy atom. The number of ether oxygens (including phenoxy) is 2. The third kappa shape index (κ3) is 3.37. The van der Waals surface area contributed by atoms with E-state index in [-0.39, 0.29) is 11.6 Å². The van der Waals surface area contributed by atoms with Gasteiger partial charge in [0.2, 0.25) is 0 Å². The van der Waals surface area contributed by atoms with E-state index < -0.39 is 23.8 Å². The lowest BCUT2D eigenvalue weighted by atomic mass is 9.92. The van der Waals surface area contributed by atoms with Gasteiger partial charge in [0.1, 0.15) is 23.5 Å². The number of halogens is 2. The van der Waals surface area contributed by atoms with Crippen molar-refractivity contribution in [2.24, 2.45) is 5.73 Å². The van der Waals surface area contributed by atoms with E-state index in [1.165, 1.54) is 22.7 Å². The van der Waals surface area contributed by atoms with E-state index in [2.05, 4.69) is 22.0 Å². The van der Waals surface area contributed by atoms with Crippen LogP contribution in [0.1, 0.15) is 29.3 Å². The van der Waals surface area contributed by atoms with Crippen LogP contribution in [0, 0.1) is 11.6 Å². The van der Waals surface area contributed by atoms with Crippen molar-refractivity contribution < 1.29 is 18.3 Å². The highest BCUT2D eigenvalue weighted by Crippen LogP contribution is 2.35. The van der Waals surface area contributed by atoms with Gasteiger partial charge in [-0.25, -0.2) is 8.78 Å². The molecular weight excluding hydrogens is 388 g/mol. The molecule has 0 unspecified atom stereocenters. The molecule has 0 radical (unpaired) electrons. The van der Waals surface area contributed by atoms with Crippen molar-refractivity contribution in [3.8, 4) is 5.75 Å². The van der Waals surface area contributed by atoms with Crippen LogP contribution in [0.2, 0.25) is 0 Å². The predicted octanol–water partition coefficient (Wildman–Crippen LogP) is 3.67. The Morgan fingerprint density at radius 1 is 1.20 bits per heavy atom. The fourth-order valence-electron chi connectivity index (χ4n) is 4.80. The predicted molar refractivity (Wildman–Crippen MR) is 110 cm³/mol. The summed E-state index contributed by atoms with van der Waals surface area (Å²) >= 11 is 0. The monoisotopic (exact) mass is 413 g/mol. The molecule has 0 spiro atoms. The Hall–Kier alpha value is -2.48. The Balaban J connectivity index is 1.34. The third-order valence-electron chi connectivity index (χ3n) is 6.39. The van der Waals surface area contributed by atoms with Crippen LogP contribution in [-0.2, 0) is 17.7 Å². The van der Waals surface area contributed by atoms with Gasteiger partial charge in [0.15, 0.2) is 0 Å². The molecule has 3 N–H and O–H groups in total. The van der Waals surface area contributed by atoms with Gasteiger partial charge >= 0.3 is 0 Å². The summed E-state index contributed by atoms with van der Waals surface area (Å²) in [6.07, 6.45) is 0.955. The van der Waals surface area contributed by atoms with Gasteiger partial charge in [0, 0.05) is 53.8 Å². The standard InChI is InChI=1S/C23H25F2N3O2/c1-29-15-3-5-21-16(10-15)18-11-28(7-6-22(18)27-21)14-9-20(26)23(30-12-14)17-8-13(24)2-4-19(17)25/h2-5,8,10,14,20,23,27H,6-7,9,11-12,26H2,1H3/t14-,20+,23-/m1/s1. The highest BCUT2D eigenvalue weighted by atomic mass is 19.1. The number of rotatable bonds is 3. The number of nitrogens with zero attached hydrogens (tertiary/aromatic N) is 1. The van der Waals surface area contributed by atoms with Gasteiger partial charge in [-0.2, -0.15) is 0 Å². The van der Waals surface area contributed by atoms with Gasteiger partial charge in [0.05, 0.1) is 13.7 Å². The summed E-state index contributed by atoms with van der Waals surface area (Å²) in [4.78, 5) is 5.91. The SMILES string of the molecule is COc1ccc2[nH]c3c(c2c1)CN([C@H]1CO[C@H](c2cc(F)ccc2F)[C@@H](N)C1)CC3. The molecule has 1 saturated heterocycles. The van der Waals surface area contributed by atoms with Gasteiger partial charge in [-0.1, -0.05) is 0 Å². The fourth-order valence-corrected chi connectivity index (χ4v) is 4.80. The highest BCUT2D eigenvalue weighted by Gasteiger charge is 2.36. The van der Waals surface area contributed by atoms with E-state index in [4.69, 9.17) is 15.2 Å². The van der Waals surface area contributed by atoms with Crippen LogP contribution in [0.15, 0.2) is 36.4 Å². The van der Waals surface area contributed by atoms with Crippen molar-refractivity contribution in [3.63, 3.8) is 0 Å². The van der Waals surface area contributed by atoms with Gasteiger partial charge in [-0.15, -0.1) is 0 Å². The summed E-state index contributed by atoms with van der Waals surface area (Å²) in [5.74, 6) is -0.127. The van der Waals surface area contributed by atoms with Crippen LogP contribution < -0.4 is 10.5 Å². The largest absolute Gasteiger partial charge is 0.497 e. The van der Waals surface area contributed by atoms with E-state index in [1.807, 2.05) is 6.07 Å². The van der Waals surface area contributed by atoms with E-state index in [0.29, 0.717) is 13.0 Å². The molecule has 2 aromatic carbocycles. The summed E-state index contributed by atoms with van der Waals surface area (Å²) in [5.41, 5.74) is 10.2. The van der Waals surface area contributed by atoms with Crippen molar-refractivity contribution in [3.05, 3.63) is 64.9 Å². The fraction of sp³-hybridized carbons (Fsp3) is 0.391. The van der Waals surface area contributed by atoms with Crippen molar-refractivity contribution in [1.29, 1.82) is 0 Å². The highest BCUT2D eigenvalue weighted by molar-refractivity contribution is 5.86. The summed E-state index contributed by atoms with van der Waals surface area (Å²) < 4.78 is 39.2. The number of aromatic nitrogens is 1. The average molecular weight is 413 g/mol. The van der Waals surface area contributed by atoms with Gasteiger partial charge in [-0.05, 0) is 48.4 Å². The zero-order chi connectivity index (χ0) is 20.8. The molecule has 3 aromatic rings. The lowest BCUT2D eigenvalue weighted by Crippen LogP contribution is -2.50. The lowest BCUT2D eigenvalue weighted by Gasteiger charge is -2.41. The summed E-state index contributed by atoms with van der Waals surface area (Å²) in [5, 5.41) is 1.18. The van der Waals surface area contributed by atoms with Crippen LogP contribution in [0.4, 0.5) is 8.78 Å². The normalized spacial score (nSPS) is 24.7. The first-order chi connectivity index (χ1) is 14.5. The van der Waals surface area contributed by atoms with Crippen molar-refractivity contribution in [2.45, 2.75) is 37.6 Å². The second-order valence-electron chi connectivity index (χ2n) is 8.19. The van der Waals surface area contributed by atoms with Gasteiger partial charge < -0.3 is 20.2 Å². The molecule has 0 bridgehead atoms. The minimum absolute atomic E-state index is 0.136. The maximum atomic E-state index is 14.2. The quantitative estimate of drug-likeness (QED) is 0.688. The molecule has 2 aliphatic heterocycles. The van der Waals surface area contributed by atoms with Crippen LogP contribution in [0.3, 0.4) is 0 Å². The molecule has 3 heterocycles. The Labute approximate surface area is 173 Å². The molecule has 5 nitrogen and oxygen atoms in total. The first-order valence-electron chi connectivity index (χ1n) is 10.3. The number of nitrogens with one attached hydrogen (secondary N) is 1. The number of hydrogen-bond donors (Lipinski definition) is 2. The molecule has 3 atom stereocenters. The van der Waals surface area contributed by atoms with Crippen molar-refractivity contribution >= 4 is 10.9 Å². The molecule has 2 aliphatic rings. The third-order valence-corrected chi connectivity index (χ3v) is 6.39. The molecule has 5 rings (SSSR count). The Bertz CT molecular complexity index is 1080.